The van der Waals surface area contributed by atoms with E-state index in [1.165, 1.54) is 6.42 Å². The van der Waals surface area contributed by atoms with Crippen LogP contribution in [-0.2, 0) is 0 Å². The minimum absolute atomic E-state index is 0.279. The lowest BCUT2D eigenvalue weighted by molar-refractivity contribution is 0.301. The predicted octanol–water partition coefficient (Wildman–Crippen LogP) is 3.76. The lowest BCUT2D eigenvalue weighted by Gasteiger charge is -2.28. The molecule has 0 unspecified atom stereocenters. The molecule has 1 aromatic rings. The second kappa shape index (κ2) is 5.23. The van der Waals surface area contributed by atoms with Crippen LogP contribution in [-0.4, -0.2) is 5.11 Å². The maximum Gasteiger partial charge on any atom is 0.166 e. The first-order valence-corrected chi connectivity index (χ1v) is 6.41. The first-order chi connectivity index (χ1) is 8.09. The number of rotatable bonds is 2. The van der Waals surface area contributed by atoms with E-state index < -0.39 is 5.82 Å². The van der Waals surface area contributed by atoms with E-state index in [1.54, 1.807) is 6.07 Å². The summed E-state index contributed by atoms with van der Waals surface area (Å²) in [6.45, 7) is 0. The Morgan fingerprint density at radius 3 is 2.59 bits per heavy atom. The molecule has 4 heteroatoms. The molecule has 1 saturated carbocycles. The largest absolute Gasteiger partial charge is 0.505 e. The molecular formula is C13H17ClFNO. The molecule has 2 nitrogen and oxygen atoms in total. The minimum Gasteiger partial charge on any atom is -0.505 e. The molecule has 1 aliphatic rings. The van der Waals surface area contributed by atoms with Crippen molar-refractivity contribution in [2.75, 3.05) is 0 Å². The van der Waals surface area contributed by atoms with Crippen molar-refractivity contribution in [2.45, 2.75) is 38.1 Å². The molecular weight excluding hydrogens is 241 g/mol. The molecule has 2 rings (SSSR count). The fourth-order valence-electron chi connectivity index (χ4n) is 2.59. The van der Waals surface area contributed by atoms with Gasteiger partial charge in [-0.1, -0.05) is 30.9 Å². The number of hydrogen-bond donors (Lipinski definition) is 2. The summed E-state index contributed by atoms with van der Waals surface area (Å²) in [5, 5.41) is 9.99. The molecule has 17 heavy (non-hydrogen) atoms. The quantitative estimate of drug-likeness (QED) is 0.847. The SMILES string of the molecule is N[C@H](c1cc(Cl)cc(F)c1O)C1CCCCC1. The zero-order chi connectivity index (χ0) is 12.4. The molecule has 94 valence electrons. The van der Waals surface area contributed by atoms with Crippen molar-refractivity contribution in [1.82, 2.24) is 0 Å². The van der Waals surface area contributed by atoms with Gasteiger partial charge in [-0.3, -0.25) is 0 Å². The lowest BCUT2D eigenvalue weighted by atomic mass is 9.81. The van der Waals surface area contributed by atoms with Gasteiger partial charge in [-0.15, -0.1) is 0 Å². The topological polar surface area (TPSA) is 46.2 Å². The Balaban J connectivity index is 2.26. The second-order valence-corrected chi connectivity index (χ2v) is 5.19. The van der Waals surface area contributed by atoms with Crippen LogP contribution in [0.4, 0.5) is 4.39 Å². The Morgan fingerprint density at radius 1 is 1.29 bits per heavy atom. The molecule has 1 aliphatic carbocycles. The molecule has 1 aromatic carbocycles. The van der Waals surface area contributed by atoms with Crippen molar-refractivity contribution in [3.63, 3.8) is 0 Å². The minimum atomic E-state index is -0.696. The Kier molecular flexibility index (Phi) is 3.89. The highest BCUT2D eigenvalue weighted by Crippen LogP contribution is 2.38. The van der Waals surface area contributed by atoms with Crippen molar-refractivity contribution in [2.24, 2.45) is 11.7 Å². The van der Waals surface area contributed by atoms with E-state index >= 15 is 0 Å². The summed E-state index contributed by atoms with van der Waals surface area (Å²) in [4.78, 5) is 0. The van der Waals surface area contributed by atoms with Gasteiger partial charge in [0.2, 0.25) is 0 Å². The molecule has 1 fully saturated rings. The molecule has 0 aromatic heterocycles. The Morgan fingerprint density at radius 2 is 1.94 bits per heavy atom. The highest BCUT2D eigenvalue weighted by molar-refractivity contribution is 6.30. The summed E-state index contributed by atoms with van der Waals surface area (Å²) in [5.74, 6) is -0.737. The number of phenols is 1. The van der Waals surface area contributed by atoms with E-state index in [1.807, 2.05) is 0 Å². The zero-order valence-electron chi connectivity index (χ0n) is 9.63. The first-order valence-electron chi connectivity index (χ1n) is 6.03. The van der Waals surface area contributed by atoms with Crippen LogP contribution in [0.2, 0.25) is 5.02 Å². The van der Waals surface area contributed by atoms with Crippen LogP contribution in [0, 0.1) is 11.7 Å². The van der Waals surface area contributed by atoms with Crippen molar-refractivity contribution in [3.05, 3.63) is 28.5 Å². The van der Waals surface area contributed by atoms with Gasteiger partial charge in [0, 0.05) is 16.6 Å². The van der Waals surface area contributed by atoms with Gasteiger partial charge in [0.15, 0.2) is 11.6 Å². The third-order valence-electron chi connectivity index (χ3n) is 3.57. The number of hydrogen-bond acceptors (Lipinski definition) is 2. The van der Waals surface area contributed by atoms with Crippen LogP contribution < -0.4 is 5.73 Å². The zero-order valence-corrected chi connectivity index (χ0v) is 10.4. The summed E-state index contributed by atoms with van der Waals surface area (Å²) in [7, 11) is 0. The van der Waals surface area contributed by atoms with Gasteiger partial charge in [0.05, 0.1) is 0 Å². The fraction of sp³-hybridized carbons (Fsp3) is 0.538. The van der Waals surface area contributed by atoms with E-state index in [0.29, 0.717) is 11.5 Å². The fourth-order valence-corrected chi connectivity index (χ4v) is 2.80. The molecule has 1 atom stereocenters. The van der Waals surface area contributed by atoms with Gasteiger partial charge >= 0.3 is 0 Å². The Bertz CT molecular complexity index is 405. The van der Waals surface area contributed by atoms with E-state index in [9.17, 15) is 9.50 Å². The lowest BCUT2D eigenvalue weighted by Crippen LogP contribution is -2.23. The number of phenolic OH excluding ortho intramolecular Hbond substituents is 1. The number of halogens is 2. The second-order valence-electron chi connectivity index (χ2n) is 4.75. The first kappa shape index (κ1) is 12.7. The van der Waals surface area contributed by atoms with Gasteiger partial charge < -0.3 is 10.8 Å². The molecule has 0 spiro atoms. The Hall–Kier alpha value is -0.800. The van der Waals surface area contributed by atoms with Crippen LogP contribution in [0.25, 0.3) is 0 Å². The van der Waals surface area contributed by atoms with Crippen LogP contribution in [0.5, 0.6) is 5.75 Å². The van der Waals surface area contributed by atoms with E-state index in [0.717, 1.165) is 31.7 Å². The molecule has 0 aliphatic heterocycles. The van der Waals surface area contributed by atoms with Crippen LogP contribution in [0.3, 0.4) is 0 Å². The molecule has 0 bridgehead atoms. The Labute approximate surface area is 106 Å². The van der Waals surface area contributed by atoms with Gasteiger partial charge in [-0.05, 0) is 30.9 Å². The summed E-state index contributed by atoms with van der Waals surface area (Å²) in [5.41, 5.74) is 6.56. The van der Waals surface area contributed by atoms with Crippen LogP contribution in [0.15, 0.2) is 12.1 Å². The van der Waals surface area contributed by atoms with E-state index in [4.69, 9.17) is 17.3 Å². The summed E-state index contributed by atoms with van der Waals surface area (Å²) < 4.78 is 13.4. The van der Waals surface area contributed by atoms with Crippen LogP contribution in [0.1, 0.15) is 43.7 Å². The molecule has 0 saturated heterocycles. The van der Waals surface area contributed by atoms with Crippen molar-refractivity contribution < 1.29 is 9.50 Å². The van der Waals surface area contributed by atoms with Gasteiger partial charge in [0.25, 0.3) is 0 Å². The highest BCUT2D eigenvalue weighted by atomic mass is 35.5. The average Bonchev–Trinajstić information content (AvgIpc) is 2.34. The maximum atomic E-state index is 13.4. The molecule has 3 N–H and O–H groups in total. The smallest absolute Gasteiger partial charge is 0.166 e. The van der Waals surface area contributed by atoms with Gasteiger partial charge in [-0.25, -0.2) is 4.39 Å². The van der Waals surface area contributed by atoms with E-state index in [2.05, 4.69) is 0 Å². The van der Waals surface area contributed by atoms with Crippen LogP contribution >= 0.6 is 11.6 Å². The number of nitrogens with two attached hydrogens (primary N) is 1. The average molecular weight is 258 g/mol. The summed E-state index contributed by atoms with van der Waals surface area (Å²) in [6, 6.07) is 2.34. The van der Waals surface area contributed by atoms with Gasteiger partial charge in [0.1, 0.15) is 0 Å². The molecule has 0 radical (unpaired) electrons. The highest BCUT2D eigenvalue weighted by Gasteiger charge is 2.25. The molecule has 0 amide bonds. The maximum absolute atomic E-state index is 13.4. The van der Waals surface area contributed by atoms with Crippen molar-refractivity contribution >= 4 is 11.6 Å². The van der Waals surface area contributed by atoms with Crippen molar-refractivity contribution in [1.29, 1.82) is 0 Å². The summed E-state index contributed by atoms with van der Waals surface area (Å²) in [6.07, 6.45) is 5.62. The normalized spacial score (nSPS) is 19.2. The third-order valence-corrected chi connectivity index (χ3v) is 3.79. The third kappa shape index (κ3) is 2.72. The van der Waals surface area contributed by atoms with E-state index in [-0.39, 0.29) is 16.8 Å². The molecule has 0 heterocycles. The summed E-state index contributed by atoms with van der Waals surface area (Å²) >= 11 is 5.80. The number of aromatic hydroxyl groups is 1. The number of benzene rings is 1. The van der Waals surface area contributed by atoms with Crippen molar-refractivity contribution in [3.8, 4) is 5.75 Å². The monoisotopic (exact) mass is 257 g/mol. The van der Waals surface area contributed by atoms with Gasteiger partial charge in [-0.2, -0.15) is 0 Å². The predicted molar refractivity (Wildman–Crippen MR) is 66.6 cm³/mol. The standard InChI is InChI=1S/C13H17ClFNO/c14-9-6-10(13(17)11(15)7-9)12(16)8-4-2-1-3-5-8/h6-8,12,17H,1-5,16H2/t12-/m0/s1.